The Morgan fingerprint density at radius 1 is 1.00 bits per heavy atom. The van der Waals surface area contributed by atoms with Crippen molar-refractivity contribution < 1.29 is 12.9 Å². The van der Waals surface area contributed by atoms with Gasteiger partial charge in [-0.1, -0.05) is 6.92 Å². The molecular weight excluding hydrogens is 178 g/mol. The standard InChI is InChI=1S/C8H19N.BF3/c1-6-9(7(2)3)8(4)5;2-1(3)4/h7-8H,6H2,1-5H3;. The Kier molecular flexibility index (Phi) is 9.90. The minimum atomic E-state index is -3.67. The van der Waals surface area contributed by atoms with Gasteiger partial charge in [-0.2, -0.15) is 0 Å². The predicted octanol–water partition coefficient (Wildman–Crippen LogP) is 3.00. The van der Waals surface area contributed by atoms with E-state index in [4.69, 9.17) is 0 Å². The molecule has 0 aromatic heterocycles. The van der Waals surface area contributed by atoms with Crippen LogP contribution in [0.5, 0.6) is 0 Å². The smallest absolute Gasteiger partial charge is 0.299 e. The molecule has 0 radical (unpaired) electrons. The average Bonchev–Trinajstić information content (AvgIpc) is 1.84. The Morgan fingerprint density at radius 2 is 1.23 bits per heavy atom. The third kappa shape index (κ3) is 11.8. The van der Waals surface area contributed by atoms with Crippen molar-refractivity contribution in [2.45, 2.75) is 46.7 Å². The van der Waals surface area contributed by atoms with Crippen LogP contribution in [0.15, 0.2) is 0 Å². The average molecular weight is 197 g/mol. The summed E-state index contributed by atoms with van der Waals surface area (Å²) in [5.74, 6) is 0. The molecule has 0 bridgehead atoms. The maximum absolute atomic E-state index is 9.67. The molecule has 0 unspecified atom stereocenters. The lowest BCUT2D eigenvalue weighted by atomic mass is 10.2. The van der Waals surface area contributed by atoms with E-state index < -0.39 is 7.54 Å². The summed E-state index contributed by atoms with van der Waals surface area (Å²) in [6.07, 6.45) is 0. The normalized spacial score (nSPS) is 10.4. The van der Waals surface area contributed by atoms with E-state index >= 15 is 0 Å². The van der Waals surface area contributed by atoms with Crippen LogP contribution in [0.4, 0.5) is 12.9 Å². The number of hydrogen-bond donors (Lipinski definition) is 0. The van der Waals surface area contributed by atoms with Crippen molar-refractivity contribution in [3.63, 3.8) is 0 Å². The summed E-state index contributed by atoms with van der Waals surface area (Å²) in [6, 6.07) is 1.38. The Balaban J connectivity index is 0. The van der Waals surface area contributed by atoms with Gasteiger partial charge < -0.3 is 0 Å². The number of nitrogens with zero attached hydrogens (tertiary/aromatic N) is 1. The second-order valence-corrected chi connectivity index (χ2v) is 3.27. The third-order valence-electron chi connectivity index (χ3n) is 1.69. The summed E-state index contributed by atoms with van der Waals surface area (Å²) in [4.78, 5) is 2.46. The van der Waals surface area contributed by atoms with E-state index in [1.165, 1.54) is 0 Å². The molecular formula is C8H19BF3N. The van der Waals surface area contributed by atoms with E-state index in [1.807, 2.05) is 0 Å². The van der Waals surface area contributed by atoms with E-state index in [2.05, 4.69) is 39.5 Å². The fourth-order valence-corrected chi connectivity index (χ4v) is 1.33. The van der Waals surface area contributed by atoms with Gasteiger partial charge >= 0.3 is 7.54 Å². The molecule has 0 atom stereocenters. The van der Waals surface area contributed by atoms with Gasteiger partial charge in [-0.15, -0.1) is 0 Å². The fourth-order valence-electron chi connectivity index (χ4n) is 1.33. The fraction of sp³-hybridized carbons (Fsp3) is 1.00. The summed E-state index contributed by atoms with van der Waals surface area (Å²) in [7, 11) is -3.67. The van der Waals surface area contributed by atoms with Gasteiger partial charge in [-0.3, -0.25) is 17.8 Å². The first-order chi connectivity index (χ1) is 5.82. The van der Waals surface area contributed by atoms with Crippen LogP contribution >= 0.6 is 0 Å². The molecule has 0 aliphatic rings. The highest BCUT2D eigenvalue weighted by Gasteiger charge is 2.09. The van der Waals surface area contributed by atoms with Crippen molar-refractivity contribution in [1.29, 1.82) is 0 Å². The lowest BCUT2D eigenvalue weighted by Crippen LogP contribution is -2.36. The largest absolute Gasteiger partial charge is 0.762 e. The first-order valence-electron chi connectivity index (χ1n) is 4.50. The molecule has 0 aromatic rings. The maximum atomic E-state index is 9.67. The van der Waals surface area contributed by atoms with Crippen LogP contribution in [0.3, 0.4) is 0 Å². The molecule has 13 heavy (non-hydrogen) atoms. The molecule has 0 saturated heterocycles. The van der Waals surface area contributed by atoms with Gasteiger partial charge in [-0.05, 0) is 34.2 Å². The second kappa shape index (κ2) is 8.41. The molecule has 80 valence electrons. The molecule has 0 rings (SSSR count). The molecule has 0 aliphatic carbocycles. The second-order valence-electron chi connectivity index (χ2n) is 3.27. The van der Waals surface area contributed by atoms with Crippen molar-refractivity contribution in [2.24, 2.45) is 0 Å². The summed E-state index contributed by atoms with van der Waals surface area (Å²) >= 11 is 0. The molecule has 0 spiro atoms. The molecule has 1 nitrogen and oxygen atoms in total. The highest BCUT2D eigenvalue weighted by molar-refractivity contribution is 6.33. The molecule has 0 amide bonds. The van der Waals surface area contributed by atoms with Gasteiger partial charge in [0.15, 0.2) is 0 Å². The number of rotatable bonds is 3. The molecule has 0 aliphatic heterocycles. The van der Waals surface area contributed by atoms with Crippen LogP contribution in [0, 0.1) is 0 Å². The first kappa shape index (κ1) is 15.3. The molecule has 5 heteroatoms. The van der Waals surface area contributed by atoms with Gasteiger partial charge in [0.1, 0.15) is 0 Å². The summed E-state index contributed by atoms with van der Waals surface area (Å²) in [5.41, 5.74) is 0. The molecule has 0 fully saturated rings. The van der Waals surface area contributed by atoms with E-state index in [-0.39, 0.29) is 0 Å². The zero-order valence-corrected chi connectivity index (χ0v) is 9.02. The van der Waals surface area contributed by atoms with Crippen molar-refractivity contribution in [2.75, 3.05) is 6.54 Å². The van der Waals surface area contributed by atoms with Gasteiger partial charge in [0, 0.05) is 12.1 Å². The van der Waals surface area contributed by atoms with Gasteiger partial charge in [0.2, 0.25) is 0 Å². The monoisotopic (exact) mass is 197 g/mol. The van der Waals surface area contributed by atoms with Gasteiger partial charge in [0.05, 0.1) is 0 Å². The topological polar surface area (TPSA) is 3.24 Å². The van der Waals surface area contributed by atoms with E-state index in [0.29, 0.717) is 12.1 Å². The maximum Gasteiger partial charge on any atom is 0.762 e. The molecule has 0 saturated carbocycles. The van der Waals surface area contributed by atoms with E-state index in [1.54, 1.807) is 0 Å². The number of halogens is 3. The zero-order valence-electron chi connectivity index (χ0n) is 9.02. The molecule has 0 N–H and O–H groups in total. The van der Waals surface area contributed by atoms with Crippen LogP contribution in [0.25, 0.3) is 0 Å². The van der Waals surface area contributed by atoms with Crippen molar-refractivity contribution in [3.8, 4) is 0 Å². The lowest BCUT2D eigenvalue weighted by Gasteiger charge is -2.28. The highest BCUT2D eigenvalue weighted by atomic mass is 19.4. The van der Waals surface area contributed by atoms with Crippen LogP contribution in [0.1, 0.15) is 34.6 Å². The summed E-state index contributed by atoms with van der Waals surface area (Å²) < 4.78 is 29.0. The Morgan fingerprint density at radius 3 is 1.23 bits per heavy atom. The molecule has 0 aromatic carbocycles. The number of hydrogen-bond acceptors (Lipinski definition) is 1. The Bertz CT molecular complexity index is 98.8. The van der Waals surface area contributed by atoms with Crippen LogP contribution in [-0.4, -0.2) is 31.1 Å². The van der Waals surface area contributed by atoms with Crippen molar-refractivity contribution >= 4 is 7.54 Å². The molecule has 0 heterocycles. The van der Waals surface area contributed by atoms with Crippen LogP contribution < -0.4 is 0 Å². The van der Waals surface area contributed by atoms with Gasteiger partial charge in [0.25, 0.3) is 0 Å². The lowest BCUT2D eigenvalue weighted by molar-refractivity contribution is 0.185. The minimum Gasteiger partial charge on any atom is -0.299 e. The predicted molar refractivity (Wildman–Crippen MR) is 51.7 cm³/mol. The SMILES string of the molecule is CCN(C(C)C)C(C)C.FB(F)F. The Labute approximate surface area is 79.5 Å². The Hall–Kier alpha value is -0.185. The zero-order chi connectivity index (χ0) is 11.0. The van der Waals surface area contributed by atoms with E-state index in [9.17, 15) is 12.9 Å². The van der Waals surface area contributed by atoms with Crippen molar-refractivity contribution in [3.05, 3.63) is 0 Å². The van der Waals surface area contributed by atoms with Crippen LogP contribution in [-0.2, 0) is 0 Å². The first-order valence-corrected chi connectivity index (χ1v) is 4.50. The van der Waals surface area contributed by atoms with Gasteiger partial charge in [-0.25, -0.2) is 0 Å². The quantitative estimate of drug-likeness (QED) is 0.628. The minimum absolute atomic E-state index is 0.690. The van der Waals surface area contributed by atoms with Crippen LogP contribution in [0.2, 0.25) is 0 Å². The summed E-state index contributed by atoms with van der Waals surface area (Å²) in [5, 5.41) is 0. The third-order valence-corrected chi connectivity index (χ3v) is 1.69. The van der Waals surface area contributed by atoms with E-state index in [0.717, 1.165) is 6.54 Å². The van der Waals surface area contributed by atoms with Crippen molar-refractivity contribution in [1.82, 2.24) is 4.90 Å². The highest BCUT2D eigenvalue weighted by Crippen LogP contribution is 2.02. The summed E-state index contributed by atoms with van der Waals surface area (Å²) in [6.45, 7) is 12.3.